The summed E-state index contributed by atoms with van der Waals surface area (Å²) in [6, 6.07) is 0.787. The van der Waals surface area contributed by atoms with Gasteiger partial charge in [0.15, 0.2) is 0 Å². The number of likely N-dealkylation sites (N-methyl/N-ethyl adjacent to an activating group) is 2. The molecular weight excluding hydrogens is 112 g/mol. The van der Waals surface area contributed by atoms with Gasteiger partial charge in [0, 0.05) is 25.7 Å². The van der Waals surface area contributed by atoms with Crippen LogP contribution in [-0.2, 0) is 0 Å². The third-order valence-electron chi connectivity index (χ3n) is 2.04. The average Bonchev–Trinajstić information content (AvgIpc) is 1.83. The standard InChI is InChI=1S/C7H16N2/c1-4-8-6-7(3)9(8)5-2/h7H,4-6H2,1-3H3. The first-order chi connectivity index (χ1) is 4.29. The van der Waals surface area contributed by atoms with Crippen LogP contribution in [0.15, 0.2) is 0 Å². The molecule has 1 heterocycles. The van der Waals surface area contributed by atoms with Crippen molar-refractivity contribution >= 4 is 0 Å². The Hall–Kier alpha value is -0.0800. The highest BCUT2D eigenvalue weighted by Crippen LogP contribution is 2.15. The number of hydrogen-bond donors (Lipinski definition) is 0. The van der Waals surface area contributed by atoms with Crippen molar-refractivity contribution in [2.24, 2.45) is 0 Å². The van der Waals surface area contributed by atoms with Crippen molar-refractivity contribution in [3.63, 3.8) is 0 Å². The zero-order valence-corrected chi connectivity index (χ0v) is 6.59. The van der Waals surface area contributed by atoms with Crippen LogP contribution in [0.5, 0.6) is 0 Å². The zero-order valence-electron chi connectivity index (χ0n) is 6.59. The molecule has 54 valence electrons. The molecule has 1 unspecified atom stereocenters. The van der Waals surface area contributed by atoms with E-state index in [9.17, 15) is 0 Å². The van der Waals surface area contributed by atoms with Crippen LogP contribution in [0.25, 0.3) is 0 Å². The second-order valence-electron chi connectivity index (χ2n) is 2.61. The number of hydrogen-bond acceptors (Lipinski definition) is 2. The van der Waals surface area contributed by atoms with E-state index in [2.05, 4.69) is 30.8 Å². The lowest BCUT2D eigenvalue weighted by Gasteiger charge is -2.49. The van der Waals surface area contributed by atoms with Crippen LogP contribution in [0.4, 0.5) is 0 Å². The zero-order chi connectivity index (χ0) is 6.85. The maximum absolute atomic E-state index is 2.40. The lowest BCUT2D eigenvalue weighted by atomic mass is 10.2. The molecule has 0 aromatic heterocycles. The Balaban J connectivity index is 2.29. The number of nitrogens with zero attached hydrogens (tertiary/aromatic N) is 2. The molecule has 0 aliphatic carbocycles. The third kappa shape index (κ3) is 1.10. The number of hydrazine groups is 1. The molecule has 1 aliphatic rings. The molecule has 0 aromatic carbocycles. The van der Waals surface area contributed by atoms with Gasteiger partial charge >= 0.3 is 0 Å². The van der Waals surface area contributed by atoms with Crippen molar-refractivity contribution in [1.29, 1.82) is 0 Å². The largest absolute Gasteiger partial charge is 0.240 e. The van der Waals surface area contributed by atoms with Gasteiger partial charge in [-0.1, -0.05) is 13.8 Å². The van der Waals surface area contributed by atoms with Gasteiger partial charge in [0.2, 0.25) is 0 Å². The molecule has 0 saturated carbocycles. The van der Waals surface area contributed by atoms with E-state index >= 15 is 0 Å². The Morgan fingerprint density at radius 2 is 2.00 bits per heavy atom. The summed E-state index contributed by atoms with van der Waals surface area (Å²) < 4.78 is 0. The SMILES string of the molecule is CCN1CC(C)N1CC. The quantitative estimate of drug-likeness (QED) is 0.546. The molecule has 2 nitrogen and oxygen atoms in total. The lowest BCUT2D eigenvalue weighted by Crippen LogP contribution is -2.62. The summed E-state index contributed by atoms with van der Waals surface area (Å²) in [5.74, 6) is 0. The molecule has 0 aromatic rings. The fourth-order valence-corrected chi connectivity index (χ4v) is 1.51. The number of rotatable bonds is 2. The van der Waals surface area contributed by atoms with Crippen LogP contribution in [-0.4, -0.2) is 35.7 Å². The molecule has 1 rings (SSSR count). The molecule has 0 bridgehead atoms. The van der Waals surface area contributed by atoms with Gasteiger partial charge in [-0.3, -0.25) is 0 Å². The third-order valence-corrected chi connectivity index (χ3v) is 2.04. The lowest BCUT2D eigenvalue weighted by molar-refractivity contribution is -0.147. The van der Waals surface area contributed by atoms with E-state index in [-0.39, 0.29) is 0 Å². The molecule has 0 spiro atoms. The van der Waals surface area contributed by atoms with Crippen molar-refractivity contribution in [3.8, 4) is 0 Å². The molecular formula is C7H16N2. The predicted molar refractivity (Wildman–Crippen MR) is 39.1 cm³/mol. The Morgan fingerprint density at radius 1 is 1.33 bits per heavy atom. The molecule has 0 amide bonds. The van der Waals surface area contributed by atoms with Crippen LogP contribution in [0.3, 0.4) is 0 Å². The van der Waals surface area contributed by atoms with Crippen molar-refractivity contribution in [3.05, 3.63) is 0 Å². The monoisotopic (exact) mass is 128 g/mol. The van der Waals surface area contributed by atoms with Gasteiger partial charge in [-0.25, -0.2) is 10.0 Å². The molecule has 1 saturated heterocycles. The molecule has 0 radical (unpaired) electrons. The van der Waals surface area contributed by atoms with Gasteiger partial charge in [0.05, 0.1) is 0 Å². The van der Waals surface area contributed by atoms with Crippen molar-refractivity contribution < 1.29 is 0 Å². The summed E-state index contributed by atoms with van der Waals surface area (Å²) in [6.45, 7) is 10.3. The summed E-state index contributed by atoms with van der Waals surface area (Å²) in [7, 11) is 0. The van der Waals surface area contributed by atoms with Crippen molar-refractivity contribution in [2.75, 3.05) is 19.6 Å². The Kier molecular flexibility index (Phi) is 2.09. The maximum Gasteiger partial charge on any atom is 0.0358 e. The van der Waals surface area contributed by atoms with Gasteiger partial charge in [0.1, 0.15) is 0 Å². The van der Waals surface area contributed by atoms with E-state index in [0.717, 1.165) is 19.1 Å². The van der Waals surface area contributed by atoms with Crippen LogP contribution in [0.2, 0.25) is 0 Å². The van der Waals surface area contributed by atoms with E-state index in [1.54, 1.807) is 0 Å². The molecule has 1 atom stereocenters. The van der Waals surface area contributed by atoms with Crippen LogP contribution in [0, 0.1) is 0 Å². The summed E-state index contributed by atoms with van der Waals surface area (Å²) in [5.41, 5.74) is 0. The molecule has 0 N–H and O–H groups in total. The van der Waals surface area contributed by atoms with Crippen molar-refractivity contribution in [2.45, 2.75) is 26.8 Å². The summed E-state index contributed by atoms with van der Waals surface area (Å²) in [4.78, 5) is 0. The smallest absolute Gasteiger partial charge is 0.0358 e. The summed E-state index contributed by atoms with van der Waals surface area (Å²) in [6.07, 6.45) is 0. The Labute approximate surface area is 57.4 Å². The normalized spacial score (nSPS) is 30.3. The minimum Gasteiger partial charge on any atom is -0.240 e. The highest BCUT2D eigenvalue weighted by molar-refractivity contribution is 4.76. The van der Waals surface area contributed by atoms with Gasteiger partial charge in [-0.05, 0) is 6.92 Å². The van der Waals surface area contributed by atoms with E-state index in [0.29, 0.717) is 0 Å². The van der Waals surface area contributed by atoms with Crippen LogP contribution >= 0.6 is 0 Å². The van der Waals surface area contributed by atoms with Crippen LogP contribution < -0.4 is 0 Å². The Morgan fingerprint density at radius 3 is 2.22 bits per heavy atom. The fourth-order valence-electron chi connectivity index (χ4n) is 1.51. The van der Waals surface area contributed by atoms with Gasteiger partial charge in [-0.15, -0.1) is 0 Å². The summed E-state index contributed by atoms with van der Waals surface area (Å²) in [5, 5.41) is 4.78. The highest BCUT2D eigenvalue weighted by Gasteiger charge is 2.29. The van der Waals surface area contributed by atoms with E-state index in [4.69, 9.17) is 0 Å². The second kappa shape index (κ2) is 2.67. The summed E-state index contributed by atoms with van der Waals surface area (Å²) >= 11 is 0. The van der Waals surface area contributed by atoms with E-state index in [1.807, 2.05) is 0 Å². The predicted octanol–water partition coefficient (Wildman–Crippen LogP) is 0.947. The molecule has 1 fully saturated rings. The molecule has 9 heavy (non-hydrogen) atoms. The van der Waals surface area contributed by atoms with Crippen LogP contribution in [0.1, 0.15) is 20.8 Å². The van der Waals surface area contributed by atoms with Gasteiger partial charge in [-0.2, -0.15) is 0 Å². The fraction of sp³-hybridized carbons (Fsp3) is 1.00. The first-order valence-corrected chi connectivity index (χ1v) is 3.81. The van der Waals surface area contributed by atoms with E-state index in [1.165, 1.54) is 6.54 Å². The first kappa shape index (κ1) is 7.03. The second-order valence-corrected chi connectivity index (χ2v) is 2.61. The van der Waals surface area contributed by atoms with Gasteiger partial charge < -0.3 is 0 Å². The molecule has 1 aliphatic heterocycles. The maximum atomic E-state index is 2.40. The highest BCUT2D eigenvalue weighted by atomic mass is 15.7. The van der Waals surface area contributed by atoms with Crippen molar-refractivity contribution in [1.82, 2.24) is 10.0 Å². The van der Waals surface area contributed by atoms with Gasteiger partial charge in [0.25, 0.3) is 0 Å². The average molecular weight is 128 g/mol. The molecule has 2 heteroatoms. The first-order valence-electron chi connectivity index (χ1n) is 3.81. The van der Waals surface area contributed by atoms with E-state index < -0.39 is 0 Å². The topological polar surface area (TPSA) is 6.48 Å². The minimum absolute atomic E-state index is 0.787. The Bertz CT molecular complexity index is 92.9. The minimum atomic E-state index is 0.787.